The average molecular weight is 473 g/mol. The molecule has 1 atom stereocenters. The number of carbonyl (C=O) groups excluding carboxylic acids is 1. The van der Waals surface area contributed by atoms with Crippen LogP contribution < -0.4 is 10.2 Å². The fourth-order valence-electron chi connectivity index (χ4n) is 4.48. The van der Waals surface area contributed by atoms with Gasteiger partial charge in [-0.15, -0.1) is 0 Å². The number of hydrogen-bond acceptors (Lipinski definition) is 6. The van der Waals surface area contributed by atoms with Gasteiger partial charge in [-0.25, -0.2) is 8.42 Å². The van der Waals surface area contributed by atoms with Crippen molar-refractivity contribution in [3.63, 3.8) is 0 Å². The Balaban J connectivity index is 1.50. The van der Waals surface area contributed by atoms with Gasteiger partial charge in [-0.2, -0.15) is 4.31 Å². The third-order valence-electron chi connectivity index (χ3n) is 6.25. The molecule has 10 heteroatoms. The molecule has 0 saturated carbocycles. The van der Waals surface area contributed by atoms with Crippen molar-refractivity contribution in [2.45, 2.75) is 37.5 Å². The van der Waals surface area contributed by atoms with Gasteiger partial charge in [0, 0.05) is 43.5 Å². The maximum atomic E-state index is 12.7. The Kier molecular flexibility index (Phi) is 6.66. The van der Waals surface area contributed by atoms with E-state index < -0.39 is 20.9 Å². The minimum absolute atomic E-state index is 0.0937. The number of piperidine rings is 1. The minimum atomic E-state index is -3.53. The van der Waals surface area contributed by atoms with Crippen molar-refractivity contribution in [3.05, 3.63) is 58.1 Å². The molecule has 1 amide bonds. The van der Waals surface area contributed by atoms with E-state index in [0.29, 0.717) is 30.4 Å². The van der Waals surface area contributed by atoms with E-state index in [-0.39, 0.29) is 16.1 Å². The monoisotopic (exact) mass is 472 g/mol. The molecule has 2 aliphatic rings. The van der Waals surface area contributed by atoms with Crippen molar-refractivity contribution in [2.75, 3.05) is 36.4 Å². The Morgan fingerprint density at radius 3 is 2.39 bits per heavy atom. The molecule has 2 aromatic carbocycles. The van der Waals surface area contributed by atoms with Gasteiger partial charge in [-0.1, -0.05) is 6.92 Å². The largest absolute Gasteiger partial charge is 0.366 e. The van der Waals surface area contributed by atoms with Crippen molar-refractivity contribution in [1.82, 2.24) is 4.31 Å². The van der Waals surface area contributed by atoms with Crippen molar-refractivity contribution in [3.8, 4) is 0 Å². The van der Waals surface area contributed by atoms with Gasteiger partial charge in [0.05, 0.1) is 9.82 Å². The van der Waals surface area contributed by atoms with Gasteiger partial charge in [0.1, 0.15) is 5.69 Å². The highest BCUT2D eigenvalue weighted by molar-refractivity contribution is 7.89. The van der Waals surface area contributed by atoms with Gasteiger partial charge in [-0.05, 0) is 68.0 Å². The second-order valence-corrected chi connectivity index (χ2v) is 10.7. The predicted molar refractivity (Wildman–Crippen MR) is 126 cm³/mol. The summed E-state index contributed by atoms with van der Waals surface area (Å²) < 4.78 is 26.8. The summed E-state index contributed by atoms with van der Waals surface area (Å²) in [6.45, 7) is 4.67. The Morgan fingerprint density at radius 2 is 1.76 bits per heavy atom. The van der Waals surface area contributed by atoms with Crippen molar-refractivity contribution in [2.24, 2.45) is 5.92 Å². The Bertz CT molecular complexity index is 1140. The summed E-state index contributed by atoms with van der Waals surface area (Å²) in [7, 11) is -3.53. The highest BCUT2D eigenvalue weighted by Gasteiger charge is 2.27. The maximum Gasteiger partial charge on any atom is 0.293 e. The van der Waals surface area contributed by atoms with E-state index in [1.54, 1.807) is 12.1 Å². The number of nitrogens with zero attached hydrogens (tertiary/aromatic N) is 3. The quantitative estimate of drug-likeness (QED) is 0.504. The lowest BCUT2D eigenvalue weighted by Gasteiger charge is -2.32. The molecule has 0 bridgehead atoms. The van der Waals surface area contributed by atoms with Crippen LogP contribution in [0, 0.1) is 16.0 Å². The van der Waals surface area contributed by atoms with E-state index in [0.717, 1.165) is 38.8 Å². The summed E-state index contributed by atoms with van der Waals surface area (Å²) in [4.78, 5) is 26.2. The first-order valence-corrected chi connectivity index (χ1v) is 12.6. The molecular weight excluding hydrogens is 444 g/mol. The van der Waals surface area contributed by atoms with E-state index in [9.17, 15) is 23.3 Å². The number of amides is 1. The summed E-state index contributed by atoms with van der Waals surface area (Å²) in [5.74, 6) is -0.0367. The second-order valence-electron chi connectivity index (χ2n) is 8.74. The van der Waals surface area contributed by atoms with Crippen molar-refractivity contribution < 1.29 is 18.1 Å². The third kappa shape index (κ3) is 5.01. The van der Waals surface area contributed by atoms with Crippen LogP contribution in [0.1, 0.15) is 43.0 Å². The molecule has 33 heavy (non-hydrogen) atoms. The highest BCUT2D eigenvalue weighted by atomic mass is 32.2. The van der Waals surface area contributed by atoms with E-state index in [2.05, 4.69) is 12.2 Å². The molecule has 2 saturated heterocycles. The standard InChI is InChI=1S/C23H28N4O5S/c1-17-5-4-12-25(16-17)21-11-6-18(15-22(21)27(29)30)23(28)24-19-7-9-20(10-8-19)33(31,32)26-13-2-3-14-26/h6-11,15,17H,2-5,12-14,16H2,1H3,(H,24,28)/t17-/m1/s1. The van der Waals surface area contributed by atoms with E-state index >= 15 is 0 Å². The molecule has 0 aromatic heterocycles. The fourth-order valence-corrected chi connectivity index (χ4v) is 5.99. The van der Waals surface area contributed by atoms with E-state index in [4.69, 9.17) is 0 Å². The highest BCUT2D eigenvalue weighted by Crippen LogP contribution is 2.32. The lowest BCUT2D eigenvalue weighted by Crippen LogP contribution is -2.34. The third-order valence-corrected chi connectivity index (χ3v) is 8.16. The van der Waals surface area contributed by atoms with Crippen molar-refractivity contribution in [1.29, 1.82) is 0 Å². The number of nitro benzene ring substituents is 1. The summed E-state index contributed by atoms with van der Waals surface area (Å²) >= 11 is 0. The van der Waals surface area contributed by atoms with Gasteiger partial charge in [-0.3, -0.25) is 14.9 Å². The number of benzene rings is 2. The summed E-state index contributed by atoms with van der Waals surface area (Å²) in [5, 5.41) is 14.4. The zero-order valence-corrected chi connectivity index (χ0v) is 19.4. The normalized spacial score (nSPS) is 19.4. The second kappa shape index (κ2) is 9.48. The van der Waals surface area contributed by atoms with Crippen molar-refractivity contribution >= 4 is 33.0 Å². The molecule has 0 aliphatic carbocycles. The molecule has 2 heterocycles. The molecule has 0 unspecified atom stereocenters. The Labute approximate surface area is 193 Å². The number of sulfonamides is 1. The minimum Gasteiger partial charge on any atom is -0.366 e. The smallest absolute Gasteiger partial charge is 0.293 e. The Hall–Kier alpha value is -2.98. The van der Waals surface area contributed by atoms with E-state index in [1.807, 2.05) is 4.90 Å². The van der Waals surface area contributed by atoms with Gasteiger partial charge < -0.3 is 10.2 Å². The molecule has 176 valence electrons. The molecule has 2 aromatic rings. The molecular formula is C23H28N4O5S. The van der Waals surface area contributed by atoms with Crippen LogP contribution in [-0.4, -0.2) is 49.7 Å². The molecule has 1 N–H and O–H groups in total. The van der Waals surface area contributed by atoms with Crippen LogP contribution in [0.15, 0.2) is 47.4 Å². The lowest BCUT2D eigenvalue weighted by atomic mass is 9.99. The zero-order chi connectivity index (χ0) is 23.6. The van der Waals surface area contributed by atoms with Crippen LogP contribution in [0.25, 0.3) is 0 Å². The number of hydrogen-bond donors (Lipinski definition) is 1. The zero-order valence-electron chi connectivity index (χ0n) is 18.6. The first kappa shape index (κ1) is 23.2. The molecule has 9 nitrogen and oxygen atoms in total. The predicted octanol–water partition coefficient (Wildman–Crippen LogP) is 3.87. The summed E-state index contributed by atoms with van der Waals surface area (Å²) in [5.41, 5.74) is 1.02. The van der Waals surface area contributed by atoms with Crippen LogP contribution in [0.5, 0.6) is 0 Å². The Morgan fingerprint density at radius 1 is 1.06 bits per heavy atom. The van der Waals surface area contributed by atoms with Crippen LogP contribution in [0.3, 0.4) is 0 Å². The van der Waals surface area contributed by atoms with Gasteiger partial charge in [0.15, 0.2) is 0 Å². The molecule has 2 aliphatic heterocycles. The van der Waals surface area contributed by atoms with Gasteiger partial charge >= 0.3 is 0 Å². The first-order chi connectivity index (χ1) is 15.8. The first-order valence-electron chi connectivity index (χ1n) is 11.2. The van der Waals surface area contributed by atoms with Crippen LogP contribution >= 0.6 is 0 Å². The van der Waals surface area contributed by atoms with Crippen LogP contribution in [0.2, 0.25) is 0 Å². The number of carbonyl (C=O) groups is 1. The number of nitrogens with one attached hydrogen (secondary N) is 1. The summed E-state index contributed by atoms with van der Waals surface area (Å²) in [6.07, 6.45) is 3.79. The fraction of sp³-hybridized carbons (Fsp3) is 0.435. The van der Waals surface area contributed by atoms with Gasteiger partial charge in [0.2, 0.25) is 10.0 Å². The average Bonchev–Trinajstić information content (AvgIpc) is 3.35. The SMILES string of the molecule is C[C@@H]1CCCN(c2ccc(C(=O)Nc3ccc(S(=O)(=O)N4CCCC4)cc3)cc2[N+](=O)[O-])C1. The van der Waals surface area contributed by atoms with Crippen LogP contribution in [0.4, 0.5) is 17.1 Å². The number of nitro groups is 1. The maximum absolute atomic E-state index is 12.7. The molecule has 0 radical (unpaired) electrons. The summed E-state index contributed by atoms with van der Waals surface area (Å²) in [6, 6.07) is 10.5. The van der Waals surface area contributed by atoms with E-state index in [1.165, 1.54) is 34.6 Å². The number of rotatable bonds is 6. The number of anilines is 2. The lowest BCUT2D eigenvalue weighted by molar-refractivity contribution is -0.384. The molecule has 4 rings (SSSR count). The molecule has 2 fully saturated rings. The topological polar surface area (TPSA) is 113 Å². The van der Waals surface area contributed by atoms with Crippen LogP contribution in [-0.2, 0) is 10.0 Å². The van der Waals surface area contributed by atoms with Gasteiger partial charge in [0.25, 0.3) is 11.6 Å². The molecule has 0 spiro atoms.